The van der Waals surface area contributed by atoms with E-state index in [1.807, 2.05) is 18.2 Å². The van der Waals surface area contributed by atoms with Crippen LogP contribution in [-0.2, 0) is 0 Å². The van der Waals surface area contributed by atoms with Gasteiger partial charge in [0.15, 0.2) is 0 Å². The van der Waals surface area contributed by atoms with Gasteiger partial charge in [-0.1, -0.05) is 37.6 Å². The molecule has 0 saturated carbocycles. The summed E-state index contributed by atoms with van der Waals surface area (Å²) in [5.41, 5.74) is 1.30. The van der Waals surface area contributed by atoms with Crippen molar-refractivity contribution in [1.82, 2.24) is 0 Å². The van der Waals surface area contributed by atoms with Crippen LogP contribution in [0.3, 0.4) is 0 Å². The number of hydrogen-bond donors (Lipinski definition) is 0. The van der Waals surface area contributed by atoms with Crippen LogP contribution in [0.1, 0.15) is 25.3 Å². The van der Waals surface area contributed by atoms with E-state index in [0.29, 0.717) is 5.92 Å². The second kappa shape index (κ2) is 3.07. The SMILES string of the molecule is CC(C)c1cccc(Cl)c1. The molecule has 0 bridgehead atoms. The fourth-order valence-electron chi connectivity index (χ4n) is 0.866. The van der Waals surface area contributed by atoms with Gasteiger partial charge in [-0.05, 0) is 23.6 Å². The molecule has 0 unspecified atom stereocenters. The van der Waals surface area contributed by atoms with E-state index in [1.165, 1.54) is 5.56 Å². The molecule has 0 amide bonds. The van der Waals surface area contributed by atoms with Crippen LogP contribution >= 0.6 is 11.6 Å². The van der Waals surface area contributed by atoms with Crippen LogP contribution in [0.25, 0.3) is 0 Å². The molecule has 0 saturated heterocycles. The van der Waals surface area contributed by atoms with Crippen LogP contribution in [0.2, 0.25) is 5.02 Å². The first-order valence-corrected chi connectivity index (χ1v) is 3.83. The molecule has 1 aromatic rings. The predicted octanol–water partition coefficient (Wildman–Crippen LogP) is 3.46. The van der Waals surface area contributed by atoms with Crippen LogP contribution in [0.5, 0.6) is 0 Å². The van der Waals surface area contributed by atoms with E-state index < -0.39 is 0 Å². The molecule has 1 rings (SSSR count). The van der Waals surface area contributed by atoms with Crippen LogP contribution in [0, 0.1) is 0 Å². The summed E-state index contributed by atoms with van der Waals surface area (Å²) in [6.07, 6.45) is 0. The first-order valence-electron chi connectivity index (χ1n) is 3.45. The second-order valence-corrected chi connectivity index (χ2v) is 3.15. The molecule has 0 spiro atoms. The minimum absolute atomic E-state index is 0.568. The van der Waals surface area contributed by atoms with Crippen LogP contribution in [0.15, 0.2) is 24.3 Å². The average Bonchev–Trinajstić information content (AvgIpc) is 1.88. The van der Waals surface area contributed by atoms with E-state index in [0.717, 1.165) is 5.02 Å². The van der Waals surface area contributed by atoms with Crippen LogP contribution < -0.4 is 0 Å². The van der Waals surface area contributed by atoms with Gasteiger partial charge < -0.3 is 0 Å². The van der Waals surface area contributed by atoms with Gasteiger partial charge in [0, 0.05) is 5.02 Å². The van der Waals surface area contributed by atoms with Gasteiger partial charge in [0.1, 0.15) is 0 Å². The van der Waals surface area contributed by atoms with Gasteiger partial charge in [0.2, 0.25) is 0 Å². The highest BCUT2D eigenvalue weighted by atomic mass is 35.5. The standard InChI is InChI=1S/C9H11Cl/c1-7(2)8-4-3-5-9(10)6-8/h3-7H,1-2H3. The molecule has 0 atom stereocenters. The third-order valence-corrected chi connectivity index (χ3v) is 1.75. The first-order chi connectivity index (χ1) is 4.70. The van der Waals surface area contributed by atoms with Gasteiger partial charge in [-0.25, -0.2) is 0 Å². The molecule has 0 aliphatic carbocycles. The van der Waals surface area contributed by atoms with E-state index in [9.17, 15) is 0 Å². The lowest BCUT2D eigenvalue weighted by molar-refractivity contribution is 0.867. The third-order valence-electron chi connectivity index (χ3n) is 1.52. The van der Waals surface area contributed by atoms with Crippen molar-refractivity contribution in [3.05, 3.63) is 34.9 Å². The Hall–Kier alpha value is -0.490. The Morgan fingerprint density at radius 1 is 1.30 bits per heavy atom. The van der Waals surface area contributed by atoms with Gasteiger partial charge in [-0.3, -0.25) is 0 Å². The van der Waals surface area contributed by atoms with Gasteiger partial charge in [0.05, 0.1) is 0 Å². The second-order valence-electron chi connectivity index (χ2n) is 2.71. The predicted molar refractivity (Wildman–Crippen MR) is 45.5 cm³/mol. The Morgan fingerprint density at radius 3 is 2.40 bits per heavy atom. The molecule has 0 aliphatic heterocycles. The van der Waals surface area contributed by atoms with Crippen molar-refractivity contribution in [3.63, 3.8) is 0 Å². The fourth-order valence-corrected chi connectivity index (χ4v) is 1.06. The summed E-state index contributed by atoms with van der Waals surface area (Å²) in [6, 6.07) is 7.98. The lowest BCUT2D eigenvalue weighted by Crippen LogP contribution is -1.84. The largest absolute Gasteiger partial charge is 0.0843 e. The lowest BCUT2D eigenvalue weighted by Gasteiger charge is -2.03. The number of benzene rings is 1. The maximum Gasteiger partial charge on any atom is 0.0408 e. The Labute approximate surface area is 66.8 Å². The van der Waals surface area contributed by atoms with Crippen molar-refractivity contribution < 1.29 is 0 Å². The Bertz CT molecular complexity index is 216. The molecule has 1 aromatic carbocycles. The van der Waals surface area contributed by atoms with Crippen molar-refractivity contribution >= 4 is 11.6 Å². The average molecular weight is 155 g/mol. The highest BCUT2D eigenvalue weighted by Gasteiger charge is 1.97. The van der Waals surface area contributed by atoms with Crippen LogP contribution in [0.4, 0.5) is 0 Å². The summed E-state index contributed by atoms with van der Waals surface area (Å²) in [5, 5.41) is 0.825. The Kier molecular flexibility index (Phi) is 2.34. The summed E-state index contributed by atoms with van der Waals surface area (Å²) in [6.45, 7) is 4.32. The highest BCUT2D eigenvalue weighted by molar-refractivity contribution is 6.30. The van der Waals surface area contributed by atoms with Crippen molar-refractivity contribution in [2.75, 3.05) is 0 Å². The van der Waals surface area contributed by atoms with Gasteiger partial charge >= 0.3 is 0 Å². The normalized spacial score (nSPS) is 10.4. The lowest BCUT2D eigenvalue weighted by atomic mass is 10.0. The van der Waals surface area contributed by atoms with Crippen molar-refractivity contribution in [3.8, 4) is 0 Å². The monoisotopic (exact) mass is 154 g/mol. The highest BCUT2D eigenvalue weighted by Crippen LogP contribution is 2.17. The van der Waals surface area contributed by atoms with Crippen LogP contribution in [-0.4, -0.2) is 0 Å². The summed E-state index contributed by atoms with van der Waals surface area (Å²) in [4.78, 5) is 0. The Morgan fingerprint density at radius 2 is 2.00 bits per heavy atom. The molecule has 54 valence electrons. The topological polar surface area (TPSA) is 0 Å². The van der Waals surface area contributed by atoms with E-state index in [-0.39, 0.29) is 0 Å². The van der Waals surface area contributed by atoms with E-state index in [2.05, 4.69) is 19.9 Å². The molecule has 0 radical (unpaired) electrons. The molecule has 1 heteroatoms. The van der Waals surface area contributed by atoms with Gasteiger partial charge in [0.25, 0.3) is 0 Å². The number of rotatable bonds is 1. The molecule has 10 heavy (non-hydrogen) atoms. The quantitative estimate of drug-likeness (QED) is 0.581. The summed E-state index contributed by atoms with van der Waals surface area (Å²) >= 11 is 5.79. The van der Waals surface area contributed by atoms with Crippen molar-refractivity contribution in [2.45, 2.75) is 19.8 Å². The Balaban J connectivity index is 2.96. The molecule has 0 aromatic heterocycles. The smallest absolute Gasteiger partial charge is 0.0408 e. The number of hydrogen-bond acceptors (Lipinski definition) is 0. The molecule has 0 N–H and O–H groups in total. The minimum atomic E-state index is 0.568. The maximum absolute atomic E-state index is 5.79. The van der Waals surface area contributed by atoms with E-state index in [1.54, 1.807) is 0 Å². The van der Waals surface area contributed by atoms with Crippen molar-refractivity contribution in [1.29, 1.82) is 0 Å². The zero-order valence-electron chi connectivity index (χ0n) is 6.26. The third kappa shape index (κ3) is 1.74. The van der Waals surface area contributed by atoms with Crippen molar-refractivity contribution in [2.24, 2.45) is 0 Å². The molecule has 0 aliphatic rings. The number of halogens is 1. The fraction of sp³-hybridized carbons (Fsp3) is 0.333. The molecule has 0 heterocycles. The molecule has 0 nitrogen and oxygen atoms in total. The summed E-state index contributed by atoms with van der Waals surface area (Å²) in [7, 11) is 0. The molecular weight excluding hydrogens is 144 g/mol. The van der Waals surface area contributed by atoms with Gasteiger partial charge in [-0.15, -0.1) is 0 Å². The maximum atomic E-state index is 5.79. The van der Waals surface area contributed by atoms with Gasteiger partial charge in [-0.2, -0.15) is 0 Å². The first kappa shape index (κ1) is 7.62. The molecule has 0 fully saturated rings. The zero-order valence-corrected chi connectivity index (χ0v) is 7.02. The summed E-state index contributed by atoms with van der Waals surface area (Å²) < 4.78 is 0. The minimum Gasteiger partial charge on any atom is -0.0843 e. The van der Waals surface area contributed by atoms with E-state index >= 15 is 0 Å². The molecular formula is C9H11Cl. The summed E-state index contributed by atoms with van der Waals surface area (Å²) in [5.74, 6) is 0.568. The zero-order chi connectivity index (χ0) is 7.56. The van der Waals surface area contributed by atoms with E-state index in [4.69, 9.17) is 11.6 Å².